The molecule has 1 amide bonds. The Labute approximate surface area is 133 Å². The van der Waals surface area contributed by atoms with E-state index in [-0.39, 0.29) is 11.6 Å². The maximum Gasteiger partial charge on any atom is 0.326 e. The van der Waals surface area contributed by atoms with E-state index in [1.165, 1.54) is 11.3 Å². The van der Waals surface area contributed by atoms with Gasteiger partial charge in [-0.25, -0.2) is 9.78 Å². The quantitative estimate of drug-likeness (QED) is 0.858. The van der Waals surface area contributed by atoms with Crippen LogP contribution in [0.1, 0.15) is 30.8 Å². The molecule has 1 heterocycles. The summed E-state index contributed by atoms with van der Waals surface area (Å²) < 4.78 is 0. The van der Waals surface area contributed by atoms with E-state index in [9.17, 15) is 14.7 Å². The number of carbonyl (C=O) groups excluding carboxylic acids is 1. The lowest BCUT2D eigenvalue weighted by Gasteiger charge is -2.19. The smallest absolute Gasteiger partial charge is 0.326 e. The van der Waals surface area contributed by atoms with Crippen LogP contribution in [0.25, 0.3) is 10.6 Å². The molecule has 0 radical (unpaired) electrons. The van der Waals surface area contributed by atoms with Crippen LogP contribution in [0, 0.1) is 5.92 Å². The zero-order chi connectivity index (χ0) is 16.1. The summed E-state index contributed by atoms with van der Waals surface area (Å²) in [6, 6.07) is 8.65. The van der Waals surface area contributed by atoms with Crippen molar-refractivity contribution in [3.63, 3.8) is 0 Å². The molecule has 0 aliphatic heterocycles. The van der Waals surface area contributed by atoms with Gasteiger partial charge < -0.3 is 10.4 Å². The van der Waals surface area contributed by atoms with Gasteiger partial charge in [0.25, 0.3) is 5.91 Å². The number of thiazole rings is 1. The highest BCUT2D eigenvalue weighted by atomic mass is 32.1. The number of carboxylic acid groups (broad SMARTS) is 1. The fourth-order valence-electron chi connectivity index (χ4n) is 1.99. The monoisotopic (exact) mass is 318 g/mol. The molecule has 2 unspecified atom stereocenters. The van der Waals surface area contributed by atoms with Crippen molar-refractivity contribution < 1.29 is 14.7 Å². The zero-order valence-corrected chi connectivity index (χ0v) is 13.3. The molecular weight excluding hydrogens is 300 g/mol. The summed E-state index contributed by atoms with van der Waals surface area (Å²) in [5.41, 5.74) is 1.18. The molecule has 2 rings (SSSR count). The predicted octanol–water partition coefficient (Wildman–Crippen LogP) is 3.04. The highest BCUT2D eigenvalue weighted by Crippen LogP contribution is 2.23. The second kappa shape index (κ2) is 7.17. The summed E-state index contributed by atoms with van der Waals surface area (Å²) in [7, 11) is 0. The summed E-state index contributed by atoms with van der Waals surface area (Å²) in [6.45, 7) is 3.69. The highest BCUT2D eigenvalue weighted by molar-refractivity contribution is 7.13. The molecular formula is C16H18N2O3S. The van der Waals surface area contributed by atoms with Gasteiger partial charge in [0, 0.05) is 10.9 Å². The maximum atomic E-state index is 12.2. The lowest BCUT2D eigenvalue weighted by atomic mass is 9.99. The van der Waals surface area contributed by atoms with Crippen molar-refractivity contribution in [2.45, 2.75) is 26.3 Å². The molecule has 6 heteroatoms. The van der Waals surface area contributed by atoms with Crippen LogP contribution in [0.15, 0.2) is 35.7 Å². The average Bonchev–Trinajstić information content (AvgIpc) is 3.02. The Morgan fingerprint density at radius 1 is 1.32 bits per heavy atom. The Morgan fingerprint density at radius 2 is 2.00 bits per heavy atom. The molecule has 1 aromatic carbocycles. The first-order valence-corrected chi connectivity index (χ1v) is 7.95. The Morgan fingerprint density at radius 3 is 2.59 bits per heavy atom. The Kier molecular flexibility index (Phi) is 5.27. The molecule has 0 aliphatic carbocycles. The number of amides is 1. The van der Waals surface area contributed by atoms with E-state index in [0.29, 0.717) is 6.42 Å². The normalized spacial score (nSPS) is 13.4. The molecule has 2 atom stereocenters. The standard InChI is InChI=1S/C16H18N2O3S/c1-3-10(2)13(16(20)21)18-14(19)12-9-22-15(17-12)11-7-5-4-6-8-11/h4-10,13H,3H2,1-2H3,(H,18,19)(H,20,21). The number of hydrogen-bond acceptors (Lipinski definition) is 4. The van der Waals surface area contributed by atoms with Crippen LogP contribution in [-0.4, -0.2) is 28.0 Å². The minimum atomic E-state index is -1.03. The third kappa shape index (κ3) is 3.71. The van der Waals surface area contributed by atoms with Gasteiger partial charge >= 0.3 is 5.97 Å². The topological polar surface area (TPSA) is 79.3 Å². The van der Waals surface area contributed by atoms with Gasteiger partial charge in [0.1, 0.15) is 16.7 Å². The van der Waals surface area contributed by atoms with Gasteiger partial charge in [-0.1, -0.05) is 50.6 Å². The third-order valence-corrected chi connectivity index (χ3v) is 4.41. The lowest BCUT2D eigenvalue weighted by molar-refractivity contribution is -0.140. The number of nitrogens with one attached hydrogen (secondary N) is 1. The molecule has 0 bridgehead atoms. The van der Waals surface area contributed by atoms with Crippen molar-refractivity contribution in [2.75, 3.05) is 0 Å². The summed E-state index contributed by atoms with van der Waals surface area (Å²) in [5.74, 6) is -1.62. The predicted molar refractivity (Wildman–Crippen MR) is 85.9 cm³/mol. The van der Waals surface area contributed by atoms with E-state index < -0.39 is 17.9 Å². The highest BCUT2D eigenvalue weighted by Gasteiger charge is 2.26. The largest absolute Gasteiger partial charge is 0.480 e. The number of hydrogen-bond donors (Lipinski definition) is 2. The molecule has 116 valence electrons. The maximum absolute atomic E-state index is 12.2. The minimum Gasteiger partial charge on any atom is -0.480 e. The molecule has 0 spiro atoms. The Hall–Kier alpha value is -2.21. The van der Waals surface area contributed by atoms with Crippen molar-refractivity contribution in [1.29, 1.82) is 0 Å². The van der Waals surface area contributed by atoms with Crippen molar-refractivity contribution in [3.05, 3.63) is 41.4 Å². The van der Waals surface area contributed by atoms with E-state index in [2.05, 4.69) is 10.3 Å². The zero-order valence-electron chi connectivity index (χ0n) is 12.4. The van der Waals surface area contributed by atoms with E-state index >= 15 is 0 Å². The van der Waals surface area contributed by atoms with Crippen molar-refractivity contribution >= 4 is 23.2 Å². The van der Waals surface area contributed by atoms with Crippen LogP contribution in [0.2, 0.25) is 0 Å². The second-order valence-electron chi connectivity index (χ2n) is 5.08. The van der Waals surface area contributed by atoms with Gasteiger partial charge in [0.05, 0.1) is 0 Å². The van der Waals surface area contributed by atoms with E-state index in [0.717, 1.165) is 10.6 Å². The summed E-state index contributed by atoms with van der Waals surface area (Å²) in [5, 5.41) is 14.2. The first-order chi connectivity index (χ1) is 10.5. The summed E-state index contributed by atoms with van der Waals surface area (Å²) in [6.07, 6.45) is 0.670. The lowest BCUT2D eigenvalue weighted by Crippen LogP contribution is -2.45. The number of nitrogens with zero attached hydrogens (tertiary/aromatic N) is 1. The molecule has 2 N–H and O–H groups in total. The van der Waals surface area contributed by atoms with Crippen LogP contribution >= 0.6 is 11.3 Å². The fourth-order valence-corrected chi connectivity index (χ4v) is 2.80. The van der Waals surface area contributed by atoms with E-state index in [4.69, 9.17) is 0 Å². The molecule has 22 heavy (non-hydrogen) atoms. The number of carboxylic acids is 1. The number of rotatable bonds is 6. The molecule has 0 saturated carbocycles. The molecule has 2 aromatic rings. The van der Waals surface area contributed by atoms with Gasteiger partial charge in [-0.2, -0.15) is 0 Å². The van der Waals surface area contributed by atoms with Crippen molar-refractivity contribution in [2.24, 2.45) is 5.92 Å². The van der Waals surface area contributed by atoms with Gasteiger partial charge in [0.15, 0.2) is 0 Å². The number of benzene rings is 1. The molecule has 1 aromatic heterocycles. The minimum absolute atomic E-state index is 0.145. The molecule has 0 aliphatic rings. The SMILES string of the molecule is CCC(C)C(NC(=O)c1csc(-c2ccccc2)n1)C(=O)O. The average molecular weight is 318 g/mol. The first-order valence-electron chi connectivity index (χ1n) is 7.07. The first kappa shape index (κ1) is 16.2. The second-order valence-corrected chi connectivity index (χ2v) is 5.94. The summed E-state index contributed by atoms with van der Waals surface area (Å²) in [4.78, 5) is 27.7. The van der Waals surface area contributed by atoms with Gasteiger partial charge in [0.2, 0.25) is 0 Å². The number of carbonyl (C=O) groups is 2. The number of aliphatic carboxylic acids is 1. The van der Waals surface area contributed by atoms with E-state index in [1.54, 1.807) is 12.3 Å². The van der Waals surface area contributed by atoms with Gasteiger partial charge in [-0.15, -0.1) is 11.3 Å². The summed E-state index contributed by atoms with van der Waals surface area (Å²) >= 11 is 1.36. The van der Waals surface area contributed by atoms with Crippen LogP contribution in [0.4, 0.5) is 0 Å². The van der Waals surface area contributed by atoms with Crippen molar-refractivity contribution in [1.82, 2.24) is 10.3 Å². The van der Waals surface area contributed by atoms with Crippen LogP contribution < -0.4 is 5.32 Å². The Balaban J connectivity index is 2.13. The van der Waals surface area contributed by atoms with Crippen LogP contribution in [0.5, 0.6) is 0 Å². The third-order valence-electron chi connectivity index (χ3n) is 3.52. The van der Waals surface area contributed by atoms with Gasteiger partial charge in [-0.3, -0.25) is 4.79 Å². The Bertz CT molecular complexity index is 654. The molecule has 0 fully saturated rings. The number of aromatic nitrogens is 1. The van der Waals surface area contributed by atoms with E-state index in [1.807, 2.05) is 37.3 Å². The van der Waals surface area contributed by atoms with Crippen LogP contribution in [-0.2, 0) is 4.79 Å². The van der Waals surface area contributed by atoms with Crippen molar-refractivity contribution in [3.8, 4) is 10.6 Å². The molecule has 5 nitrogen and oxygen atoms in total. The van der Waals surface area contributed by atoms with Crippen LogP contribution in [0.3, 0.4) is 0 Å². The van der Waals surface area contributed by atoms with Gasteiger partial charge in [-0.05, 0) is 5.92 Å². The molecule has 0 saturated heterocycles. The fraction of sp³-hybridized carbons (Fsp3) is 0.312.